The lowest BCUT2D eigenvalue weighted by atomic mass is 9.83. The van der Waals surface area contributed by atoms with Gasteiger partial charge in [-0.25, -0.2) is 0 Å². The summed E-state index contributed by atoms with van der Waals surface area (Å²) in [4.78, 5) is 42.7. The SMILES string of the molecule is CCCCN1C(=O)CCC(C(=O)OCC(=O)N2C(C)CCCC2C)C1c1ccccc1OC. The first kappa shape index (κ1) is 25.1. The summed E-state index contributed by atoms with van der Waals surface area (Å²) in [6.45, 7) is 6.48. The maximum Gasteiger partial charge on any atom is 0.311 e. The smallest absolute Gasteiger partial charge is 0.311 e. The van der Waals surface area contributed by atoms with Crippen molar-refractivity contribution in [3.63, 3.8) is 0 Å². The largest absolute Gasteiger partial charge is 0.496 e. The molecule has 2 saturated heterocycles. The second-order valence-electron chi connectivity index (χ2n) is 9.31. The number of esters is 1. The van der Waals surface area contributed by atoms with Crippen molar-refractivity contribution in [3.8, 4) is 5.75 Å². The van der Waals surface area contributed by atoms with Crippen LogP contribution in [0.5, 0.6) is 5.75 Å². The number of hydrogen-bond acceptors (Lipinski definition) is 5. The van der Waals surface area contributed by atoms with E-state index in [9.17, 15) is 14.4 Å². The highest BCUT2D eigenvalue weighted by molar-refractivity contribution is 5.85. The topological polar surface area (TPSA) is 76.2 Å². The molecule has 7 heteroatoms. The standard InChI is InChI=1S/C26H38N2O5/c1-5-6-16-27-23(29)15-14-21(25(27)20-12-7-8-13-22(20)32-4)26(31)33-17-24(30)28-18(2)10-9-11-19(28)3/h7-8,12-13,18-19,21,25H,5-6,9-11,14-17H2,1-4H3. The maximum atomic E-state index is 13.3. The summed E-state index contributed by atoms with van der Waals surface area (Å²) in [5.74, 6) is -0.434. The molecule has 1 aromatic carbocycles. The number of carbonyl (C=O) groups excluding carboxylic acids is 3. The number of methoxy groups -OCH3 is 1. The number of hydrogen-bond donors (Lipinski definition) is 0. The van der Waals surface area contributed by atoms with E-state index in [1.165, 1.54) is 0 Å². The molecule has 182 valence electrons. The zero-order valence-electron chi connectivity index (χ0n) is 20.4. The second-order valence-corrected chi connectivity index (χ2v) is 9.31. The number of unbranched alkanes of at least 4 members (excludes halogenated alkanes) is 1. The number of para-hydroxylation sites is 1. The molecule has 0 radical (unpaired) electrons. The molecule has 0 N–H and O–H groups in total. The van der Waals surface area contributed by atoms with Gasteiger partial charge in [0, 0.05) is 30.6 Å². The molecule has 2 fully saturated rings. The van der Waals surface area contributed by atoms with Crippen LogP contribution in [-0.2, 0) is 19.1 Å². The molecule has 1 aromatic rings. The van der Waals surface area contributed by atoms with E-state index in [4.69, 9.17) is 9.47 Å². The van der Waals surface area contributed by atoms with Crippen LogP contribution >= 0.6 is 0 Å². The van der Waals surface area contributed by atoms with Crippen molar-refractivity contribution in [2.24, 2.45) is 5.92 Å². The third-order valence-electron chi connectivity index (χ3n) is 7.04. The molecule has 7 nitrogen and oxygen atoms in total. The molecular formula is C26H38N2O5. The minimum absolute atomic E-state index is 0.0375. The van der Waals surface area contributed by atoms with Crippen LogP contribution in [-0.4, -0.2) is 59.9 Å². The van der Waals surface area contributed by atoms with Crippen molar-refractivity contribution in [2.75, 3.05) is 20.3 Å². The molecule has 0 aromatic heterocycles. The van der Waals surface area contributed by atoms with Gasteiger partial charge in [0.05, 0.1) is 19.1 Å². The highest BCUT2D eigenvalue weighted by Gasteiger charge is 2.42. The quantitative estimate of drug-likeness (QED) is 0.548. The van der Waals surface area contributed by atoms with Crippen LogP contribution < -0.4 is 4.74 Å². The fraction of sp³-hybridized carbons (Fsp3) is 0.654. The van der Waals surface area contributed by atoms with Crippen molar-refractivity contribution in [3.05, 3.63) is 29.8 Å². The Kier molecular flexibility index (Phi) is 8.75. The van der Waals surface area contributed by atoms with E-state index >= 15 is 0 Å². The lowest BCUT2D eigenvalue weighted by Gasteiger charge is -2.41. The summed E-state index contributed by atoms with van der Waals surface area (Å²) in [6, 6.07) is 7.35. The van der Waals surface area contributed by atoms with Crippen LogP contribution in [0.4, 0.5) is 0 Å². The van der Waals surface area contributed by atoms with Crippen molar-refractivity contribution < 1.29 is 23.9 Å². The Morgan fingerprint density at radius 2 is 1.79 bits per heavy atom. The van der Waals surface area contributed by atoms with Crippen molar-refractivity contribution in [1.82, 2.24) is 9.80 Å². The van der Waals surface area contributed by atoms with Gasteiger partial charge in [-0.05, 0) is 52.0 Å². The summed E-state index contributed by atoms with van der Waals surface area (Å²) in [5, 5.41) is 0. The minimum Gasteiger partial charge on any atom is -0.496 e. The van der Waals surface area contributed by atoms with Gasteiger partial charge in [0.2, 0.25) is 5.91 Å². The summed E-state index contributed by atoms with van der Waals surface area (Å²) in [7, 11) is 1.59. The van der Waals surface area contributed by atoms with Crippen LogP contribution in [0.1, 0.15) is 77.3 Å². The Bertz CT molecular complexity index is 832. The lowest BCUT2D eigenvalue weighted by Crippen LogP contribution is -2.50. The summed E-state index contributed by atoms with van der Waals surface area (Å²) < 4.78 is 11.2. The van der Waals surface area contributed by atoms with Gasteiger partial charge in [0.1, 0.15) is 5.75 Å². The molecule has 2 aliphatic rings. The Morgan fingerprint density at radius 3 is 2.45 bits per heavy atom. The molecule has 4 unspecified atom stereocenters. The van der Waals surface area contributed by atoms with Crippen LogP contribution in [0.2, 0.25) is 0 Å². The van der Waals surface area contributed by atoms with Crippen LogP contribution in [0.25, 0.3) is 0 Å². The first-order valence-electron chi connectivity index (χ1n) is 12.3. The van der Waals surface area contributed by atoms with Crippen molar-refractivity contribution in [2.45, 2.75) is 83.8 Å². The summed E-state index contributed by atoms with van der Waals surface area (Å²) in [6.07, 6.45) is 5.53. The molecule has 0 aliphatic carbocycles. The van der Waals surface area contributed by atoms with Gasteiger partial charge in [-0.15, -0.1) is 0 Å². The molecule has 2 heterocycles. The van der Waals surface area contributed by atoms with Gasteiger partial charge in [-0.3, -0.25) is 14.4 Å². The summed E-state index contributed by atoms with van der Waals surface area (Å²) >= 11 is 0. The Hall–Kier alpha value is -2.57. The number of carbonyl (C=O) groups is 3. The Labute approximate surface area is 197 Å². The highest BCUT2D eigenvalue weighted by Crippen LogP contribution is 2.41. The van der Waals surface area contributed by atoms with Crippen LogP contribution in [0.3, 0.4) is 0 Å². The average Bonchev–Trinajstić information content (AvgIpc) is 2.81. The van der Waals surface area contributed by atoms with Crippen LogP contribution in [0.15, 0.2) is 24.3 Å². The monoisotopic (exact) mass is 458 g/mol. The first-order chi connectivity index (χ1) is 15.9. The molecule has 0 saturated carbocycles. The van der Waals surface area contributed by atoms with Gasteiger partial charge in [0.25, 0.3) is 5.91 Å². The third-order valence-corrected chi connectivity index (χ3v) is 7.04. The number of ether oxygens (including phenoxy) is 2. The fourth-order valence-corrected chi connectivity index (χ4v) is 5.31. The van der Waals surface area contributed by atoms with Crippen molar-refractivity contribution in [1.29, 1.82) is 0 Å². The van der Waals surface area contributed by atoms with E-state index in [2.05, 4.69) is 6.92 Å². The van der Waals surface area contributed by atoms with E-state index in [0.29, 0.717) is 25.1 Å². The fourth-order valence-electron chi connectivity index (χ4n) is 5.31. The normalized spacial score (nSPS) is 25.6. The Morgan fingerprint density at radius 1 is 1.09 bits per heavy atom. The minimum atomic E-state index is -0.542. The molecular weight excluding hydrogens is 420 g/mol. The first-order valence-corrected chi connectivity index (χ1v) is 12.3. The molecule has 0 bridgehead atoms. The zero-order valence-corrected chi connectivity index (χ0v) is 20.4. The molecule has 33 heavy (non-hydrogen) atoms. The molecule has 3 rings (SSSR count). The summed E-state index contributed by atoms with van der Waals surface area (Å²) in [5.41, 5.74) is 0.802. The number of likely N-dealkylation sites (tertiary alicyclic amines) is 2. The number of rotatable bonds is 8. The van der Waals surface area contributed by atoms with Crippen LogP contribution in [0, 0.1) is 5.92 Å². The number of amides is 2. The van der Waals surface area contributed by atoms with Gasteiger partial charge >= 0.3 is 5.97 Å². The van der Waals surface area contributed by atoms with E-state index in [1.54, 1.807) is 12.0 Å². The number of nitrogens with zero attached hydrogens (tertiary/aromatic N) is 2. The van der Waals surface area contributed by atoms with Crippen molar-refractivity contribution >= 4 is 17.8 Å². The van der Waals surface area contributed by atoms with Gasteiger partial charge < -0.3 is 19.3 Å². The van der Waals surface area contributed by atoms with E-state index in [1.807, 2.05) is 43.0 Å². The predicted molar refractivity (Wildman–Crippen MR) is 126 cm³/mol. The predicted octanol–water partition coefficient (Wildman–Crippen LogP) is 4.11. The molecule has 2 aliphatic heterocycles. The van der Waals surface area contributed by atoms with Gasteiger partial charge in [0.15, 0.2) is 6.61 Å². The molecule has 0 spiro atoms. The number of benzene rings is 1. The molecule has 4 atom stereocenters. The third kappa shape index (κ3) is 5.68. The second kappa shape index (κ2) is 11.5. The van der Waals surface area contributed by atoms with E-state index in [0.717, 1.165) is 37.7 Å². The highest BCUT2D eigenvalue weighted by atomic mass is 16.5. The van der Waals surface area contributed by atoms with Gasteiger partial charge in [-0.1, -0.05) is 31.5 Å². The van der Waals surface area contributed by atoms with E-state index < -0.39 is 17.9 Å². The van der Waals surface area contributed by atoms with Gasteiger partial charge in [-0.2, -0.15) is 0 Å². The maximum absolute atomic E-state index is 13.3. The Balaban J connectivity index is 1.80. The van der Waals surface area contributed by atoms with E-state index in [-0.39, 0.29) is 30.5 Å². The zero-order chi connectivity index (χ0) is 24.0. The molecule has 2 amide bonds. The lowest BCUT2D eigenvalue weighted by molar-refractivity contribution is -0.163. The average molecular weight is 459 g/mol. The number of piperidine rings is 2.